The minimum Gasteiger partial charge on any atom is -0.467 e. The first kappa shape index (κ1) is 21.1. The predicted octanol–water partition coefficient (Wildman–Crippen LogP) is 3.67. The summed E-state index contributed by atoms with van der Waals surface area (Å²) in [7, 11) is 1.34. The van der Waals surface area contributed by atoms with Crippen molar-refractivity contribution in [3.8, 4) is 0 Å². The summed E-state index contributed by atoms with van der Waals surface area (Å²) in [4.78, 5) is 30.9. The van der Waals surface area contributed by atoms with Gasteiger partial charge < -0.3 is 15.0 Å². The van der Waals surface area contributed by atoms with Crippen molar-refractivity contribution in [1.82, 2.24) is 15.2 Å². The summed E-state index contributed by atoms with van der Waals surface area (Å²) in [6.45, 7) is 3.18. The Kier molecular flexibility index (Phi) is 6.67. The summed E-state index contributed by atoms with van der Waals surface area (Å²) in [6, 6.07) is 14.8. The Labute approximate surface area is 182 Å². The second-order valence-corrected chi connectivity index (χ2v) is 8.15. The molecular formula is C25H29N3O3. The number of hydrogen-bond donors (Lipinski definition) is 2. The molecule has 1 aromatic heterocycles. The van der Waals surface area contributed by atoms with Crippen LogP contribution in [0.5, 0.6) is 0 Å². The zero-order valence-corrected chi connectivity index (χ0v) is 17.9. The van der Waals surface area contributed by atoms with Gasteiger partial charge in [-0.25, -0.2) is 4.79 Å². The van der Waals surface area contributed by atoms with Gasteiger partial charge in [0, 0.05) is 35.6 Å². The molecule has 2 N–H and O–H groups in total. The molecule has 0 radical (unpaired) electrons. The lowest BCUT2D eigenvalue weighted by atomic mass is 10.0. The second-order valence-electron chi connectivity index (χ2n) is 8.15. The maximum atomic E-state index is 12.8. The van der Waals surface area contributed by atoms with Crippen molar-refractivity contribution in [3.05, 3.63) is 71.4 Å². The molecule has 1 aliphatic heterocycles. The first-order valence-electron chi connectivity index (χ1n) is 10.9. The lowest BCUT2D eigenvalue weighted by Gasteiger charge is -2.26. The Morgan fingerprint density at radius 2 is 1.81 bits per heavy atom. The van der Waals surface area contributed by atoms with Gasteiger partial charge in [-0.05, 0) is 55.3 Å². The van der Waals surface area contributed by atoms with Crippen LogP contribution in [-0.2, 0) is 22.5 Å². The van der Waals surface area contributed by atoms with Gasteiger partial charge in [-0.2, -0.15) is 0 Å². The highest BCUT2D eigenvalue weighted by atomic mass is 16.5. The number of benzene rings is 2. The summed E-state index contributed by atoms with van der Waals surface area (Å²) in [5.74, 6) is -0.736. The largest absolute Gasteiger partial charge is 0.467 e. The molecule has 4 rings (SSSR count). The lowest BCUT2D eigenvalue weighted by molar-refractivity contribution is -0.142. The average molecular weight is 420 g/mol. The van der Waals surface area contributed by atoms with Crippen LogP contribution in [0.1, 0.15) is 40.7 Å². The molecule has 2 aromatic carbocycles. The van der Waals surface area contributed by atoms with Crippen LogP contribution >= 0.6 is 0 Å². The van der Waals surface area contributed by atoms with Crippen molar-refractivity contribution >= 4 is 22.8 Å². The number of para-hydroxylation sites is 1. The SMILES string of the molecule is COC(=O)[C@H](Cc1c[nH]c2ccccc12)NC(=O)c1ccc(CN2CCCCC2)cc1. The van der Waals surface area contributed by atoms with E-state index < -0.39 is 12.0 Å². The third kappa shape index (κ3) is 5.14. The molecular weight excluding hydrogens is 390 g/mol. The van der Waals surface area contributed by atoms with Gasteiger partial charge in [0.15, 0.2) is 0 Å². The fourth-order valence-corrected chi connectivity index (χ4v) is 4.23. The molecule has 6 nitrogen and oxygen atoms in total. The third-order valence-corrected chi connectivity index (χ3v) is 5.96. The summed E-state index contributed by atoms with van der Waals surface area (Å²) >= 11 is 0. The number of H-pyrrole nitrogens is 1. The molecule has 0 aliphatic carbocycles. The van der Waals surface area contributed by atoms with E-state index in [0.29, 0.717) is 12.0 Å². The Morgan fingerprint density at radius 3 is 2.55 bits per heavy atom. The molecule has 1 atom stereocenters. The van der Waals surface area contributed by atoms with Crippen molar-refractivity contribution in [3.63, 3.8) is 0 Å². The molecule has 31 heavy (non-hydrogen) atoms. The number of esters is 1. The monoisotopic (exact) mass is 419 g/mol. The number of aromatic amines is 1. The Hall–Kier alpha value is -3.12. The summed E-state index contributed by atoms with van der Waals surface area (Å²) in [5.41, 5.74) is 3.69. The van der Waals surface area contributed by atoms with E-state index in [0.717, 1.165) is 36.1 Å². The maximum Gasteiger partial charge on any atom is 0.328 e. The molecule has 1 amide bonds. The highest BCUT2D eigenvalue weighted by Gasteiger charge is 2.24. The number of nitrogens with one attached hydrogen (secondary N) is 2. The fourth-order valence-electron chi connectivity index (χ4n) is 4.23. The molecule has 1 saturated heterocycles. The minimum absolute atomic E-state index is 0.278. The first-order valence-corrected chi connectivity index (χ1v) is 10.9. The summed E-state index contributed by atoms with van der Waals surface area (Å²) < 4.78 is 4.94. The lowest BCUT2D eigenvalue weighted by Crippen LogP contribution is -2.43. The maximum absolute atomic E-state index is 12.8. The van der Waals surface area contributed by atoms with Crippen LogP contribution in [0, 0.1) is 0 Å². The Balaban J connectivity index is 1.43. The smallest absolute Gasteiger partial charge is 0.328 e. The average Bonchev–Trinajstić information content (AvgIpc) is 3.22. The first-order chi connectivity index (χ1) is 15.1. The Bertz CT molecular complexity index is 1040. The van der Waals surface area contributed by atoms with Crippen LogP contribution in [0.4, 0.5) is 0 Å². The summed E-state index contributed by atoms with van der Waals surface area (Å²) in [5, 5.41) is 3.88. The molecule has 3 aromatic rings. The van der Waals surface area contributed by atoms with Gasteiger partial charge in [0.25, 0.3) is 5.91 Å². The van der Waals surface area contributed by atoms with Crippen molar-refractivity contribution in [1.29, 1.82) is 0 Å². The van der Waals surface area contributed by atoms with E-state index in [1.807, 2.05) is 54.7 Å². The number of rotatable bonds is 7. The van der Waals surface area contributed by atoms with Gasteiger partial charge in [-0.15, -0.1) is 0 Å². The fraction of sp³-hybridized carbons (Fsp3) is 0.360. The predicted molar refractivity (Wildman–Crippen MR) is 121 cm³/mol. The zero-order chi connectivity index (χ0) is 21.6. The molecule has 1 aliphatic rings. The molecule has 2 heterocycles. The van der Waals surface area contributed by atoms with E-state index in [-0.39, 0.29) is 5.91 Å². The van der Waals surface area contributed by atoms with E-state index in [1.165, 1.54) is 31.9 Å². The third-order valence-electron chi connectivity index (χ3n) is 5.96. The van der Waals surface area contributed by atoms with E-state index >= 15 is 0 Å². The highest BCUT2D eigenvalue weighted by molar-refractivity contribution is 5.97. The van der Waals surface area contributed by atoms with Gasteiger partial charge >= 0.3 is 5.97 Å². The number of carbonyl (C=O) groups is 2. The van der Waals surface area contributed by atoms with E-state index in [4.69, 9.17) is 4.74 Å². The van der Waals surface area contributed by atoms with Gasteiger partial charge in [0.1, 0.15) is 6.04 Å². The number of methoxy groups -OCH3 is 1. The molecule has 6 heteroatoms. The number of fused-ring (bicyclic) bond motifs is 1. The number of amides is 1. The molecule has 0 bridgehead atoms. The van der Waals surface area contributed by atoms with Crippen molar-refractivity contribution < 1.29 is 14.3 Å². The van der Waals surface area contributed by atoms with Crippen LogP contribution in [0.15, 0.2) is 54.7 Å². The topological polar surface area (TPSA) is 74.4 Å². The molecule has 0 spiro atoms. The number of nitrogens with zero attached hydrogens (tertiary/aromatic N) is 1. The van der Waals surface area contributed by atoms with Crippen LogP contribution in [-0.4, -0.2) is 48.0 Å². The van der Waals surface area contributed by atoms with Crippen LogP contribution in [0.3, 0.4) is 0 Å². The number of likely N-dealkylation sites (tertiary alicyclic amines) is 1. The quantitative estimate of drug-likeness (QED) is 0.573. The molecule has 1 fully saturated rings. The molecule has 0 saturated carbocycles. The zero-order valence-electron chi connectivity index (χ0n) is 17.9. The number of piperidine rings is 1. The van der Waals surface area contributed by atoms with Crippen molar-refractivity contribution in [2.24, 2.45) is 0 Å². The van der Waals surface area contributed by atoms with Crippen LogP contribution < -0.4 is 5.32 Å². The molecule has 162 valence electrons. The second kappa shape index (κ2) is 9.79. The highest BCUT2D eigenvalue weighted by Crippen LogP contribution is 2.20. The van der Waals surface area contributed by atoms with Crippen LogP contribution in [0.25, 0.3) is 10.9 Å². The van der Waals surface area contributed by atoms with E-state index in [9.17, 15) is 9.59 Å². The number of hydrogen-bond acceptors (Lipinski definition) is 4. The van der Waals surface area contributed by atoms with Gasteiger partial charge in [0.2, 0.25) is 0 Å². The van der Waals surface area contributed by atoms with Crippen LogP contribution in [0.2, 0.25) is 0 Å². The van der Waals surface area contributed by atoms with Gasteiger partial charge in [0.05, 0.1) is 7.11 Å². The molecule has 0 unspecified atom stereocenters. The summed E-state index contributed by atoms with van der Waals surface area (Å²) in [6.07, 6.45) is 6.06. The minimum atomic E-state index is -0.760. The Morgan fingerprint density at radius 1 is 1.06 bits per heavy atom. The number of ether oxygens (including phenoxy) is 1. The number of aromatic nitrogens is 1. The van der Waals surface area contributed by atoms with Gasteiger partial charge in [-0.1, -0.05) is 36.8 Å². The normalized spacial score (nSPS) is 15.5. The number of carbonyl (C=O) groups excluding carboxylic acids is 2. The van der Waals surface area contributed by atoms with Crippen molar-refractivity contribution in [2.75, 3.05) is 20.2 Å². The van der Waals surface area contributed by atoms with Gasteiger partial charge in [-0.3, -0.25) is 9.69 Å². The van der Waals surface area contributed by atoms with Crippen molar-refractivity contribution in [2.45, 2.75) is 38.3 Å². The van der Waals surface area contributed by atoms with E-state index in [1.54, 1.807) is 0 Å². The standard InChI is InChI=1S/C25H29N3O3/c1-31-25(30)23(15-20-16-26-22-8-4-3-7-21(20)22)27-24(29)19-11-9-18(10-12-19)17-28-13-5-2-6-14-28/h3-4,7-12,16,23,26H,2,5-6,13-15,17H2,1H3,(H,27,29)/t23-/m0/s1. The van der Waals surface area contributed by atoms with E-state index in [2.05, 4.69) is 15.2 Å².